The third-order valence-corrected chi connectivity index (χ3v) is 4.82. The zero-order chi connectivity index (χ0) is 19.4. The number of anilines is 3. The van der Waals surface area contributed by atoms with Crippen LogP contribution in [0.15, 0.2) is 46.3 Å². The number of ether oxygens (including phenoxy) is 2. The molecular weight excluding hydrogens is 437 g/mol. The molecule has 0 aliphatic carbocycles. The van der Waals surface area contributed by atoms with Crippen LogP contribution in [-0.4, -0.2) is 25.1 Å². The van der Waals surface area contributed by atoms with Crippen LogP contribution >= 0.6 is 27.3 Å². The molecule has 0 aliphatic rings. The number of carbonyl (C=O) groups excluding carboxylic acids is 1. The van der Waals surface area contributed by atoms with Gasteiger partial charge in [0.05, 0.1) is 25.6 Å². The molecule has 0 fully saturated rings. The largest absolute Gasteiger partial charge is 0.497 e. The van der Waals surface area contributed by atoms with Gasteiger partial charge in [0, 0.05) is 15.9 Å². The van der Waals surface area contributed by atoms with Gasteiger partial charge in [0.1, 0.15) is 23.0 Å². The summed E-state index contributed by atoms with van der Waals surface area (Å²) < 4.78 is 24.9. The highest BCUT2D eigenvalue weighted by atomic mass is 79.9. The van der Waals surface area contributed by atoms with Crippen LogP contribution in [0, 0.1) is 5.82 Å². The molecule has 27 heavy (non-hydrogen) atoms. The van der Waals surface area contributed by atoms with E-state index in [9.17, 15) is 9.18 Å². The lowest BCUT2D eigenvalue weighted by Crippen LogP contribution is -2.13. The molecule has 140 valence electrons. The van der Waals surface area contributed by atoms with Crippen LogP contribution in [0.5, 0.6) is 11.5 Å². The van der Waals surface area contributed by atoms with E-state index in [4.69, 9.17) is 9.47 Å². The van der Waals surface area contributed by atoms with Gasteiger partial charge < -0.3 is 20.1 Å². The maximum absolute atomic E-state index is 13.9. The Hall–Kier alpha value is -2.65. The molecule has 1 aromatic heterocycles. The molecule has 0 aliphatic heterocycles. The van der Waals surface area contributed by atoms with Crippen LogP contribution in [0.4, 0.5) is 20.9 Å². The molecule has 0 saturated heterocycles. The number of hydrogen-bond donors (Lipinski definition) is 2. The second-order valence-electron chi connectivity index (χ2n) is 5.31. The minimum Gasteiger partial charge on any atom is -0.497 e. The van der Waals surface area contributed by atoms with Gasteiger partial charge in [0.15, 0.2) is 5.13 Å². The van der Waals surface area contributed by atoms with E-state index >= 15 is 0 Å². The van der Waals surface area contributed by atoms with Crippen molar-refractivity contribution < 1.29 is 18.7 Å². The highest BCUT2D eigenvalue weighted by molar-refractivity contribution is 9.10. The summed E-state index contributed by atoms with van der Waals surface area (Å²) in [7, 11) is 3.12. The second-order valence-corrected chi connectivity index (χ2v) is 7.08. The van der Waals surface area contributed by atoms with Gasteiger partial charge in [-0.15, -0.1) is 11.3 Å². The summed E-state index contributed by atoms with van der Waals surface area (Å²) in [6, 6.07) is 9.70. The lowest BCUT2D eigenvalue weighted by Gasteiger charge is -2.10. The van der Waals surface area contributed by atoms with E-state index < -0.39 is 11.7 Å². The first-order valence-corrected chi connectivity index (χ1v) is 9.38. The number of hydrogen-bond acceptors (Lipinski definition) is 6. The van der Waals surface area contributed by atoms with Crippen molar-refractivity contribution in [2.75, 3.05) is 24.9 Å². The van der Waals surface area contributed by atoms with Gasteiger partial charge in [-0.25, -0.2) is 9.37 Å². The number of methoxy groups -OCH3 is 2. The van der Waals surface area contributed by atoms with Gasteiger partial charge >= 0.3 is 0 Å². The zero-order valence-electron chi connectivity index (χ0n) is 14.4. The van der Waals surface area contributed by atoms with Crippen molar-refractivity contribution >= 4 is 49.7 Å². The molecule has 0 saturated carbocycles. The summed E-state index contributed by atoms with van der Waals surface area (Å²) >= 11 is 4.42. The van der Waals surface area contributed by atoms with Crippen molar-refractivity contribution in [2.45, 2.75) is 0 Å². The topological polar surface area (TPSA) is 72.5 Å². The zero-order valence-corrected chi connectivity index (χ0v) is 16.8. The minimum absolute atomic E-state index is 0.0857. The average molecular weight is 452 g/mol. The molecule has 6 nitrogen and oxygen atoms in total. The first-order chi connectivity index (χ1) is 13.0. The van der Waals surface area contributed by atoms with Crippen molar-refractivity contribution in [1.82, 2.24) is 4.98 Å². The third kappa shape index (κ3) is 4.55. The monoisotopic (exact) mass is 451 g/mol. The van der Waals surface area contributed by atoms with E-state index in [-0.39, 0.29) is 11.4 Å². The number of aromatic nitrogens is 1. The highest BCUT2D eigenvalue weighted by Crippen LogP contribution is 2.32. The molecule has 3 rings (SSSR count). The fourth-order valence-electron chi connectivity index (χ4n) is 2.23. The average Bonchev–Trinajstić information content (AvgIpc) is 3.13. The standard InChI is InChI=1S/C18H15BrFN3O3S/c1-25-11-4-6-14(16(8-11)26-2)22-18-23-15(9-27-18)17(24)21-13-5-3-10(19)7-12(13)20/h3-9H,1-2H3,(H,21,24)(H,22,23). The van der Waals surface area contributed by atoms with Gasteiger partial charge in [-0.3, -0.25) is 4.79 Å². The second kappa shape index (κ2) is 8.36. The lowest BCUT2D eigenvalue weighted by atomic mass is 10.2. The Morgan fingerprint density at radius 3 is 2.63 bits per heavy atom. The number of halogens is 2. The summed E-state index contributed by atoms with van der Waals surface area (Å²) in [5, 5.41) is 7.70. The Morgan fingerprint density at radius 2 is 1.93 bits per heavy atom. The summed E-state index contributed by atoms with van der Waals surface area (Å²) in [5.74, 6) is 0.206. The number of nitrogens with one attached hydrogen (secondary N) is 2. The molecule has 0 atom stereocenters. The molecule has 2 aromatic carbocycles. The van der Waals surface area contributed by atoms with Gasteiger partial charge in [-0.2, -0.15) is 0 Å². The van der Waals surface area contributed by atoms with Crippen molar-refractivity contribution in [2.24, 2.45) is 0 Å². The Balaban J connectivity index is 1.74. The maximum atomic E-state index is 13.9. The number of rotatable bonds is 6. The fourth-order valence-corrected chi connectivity index (χ4v) is 3.27. The highest BCUT2D eigenvalue weighted by Gasteiger charge is 2.14. The SMILES string of the molecule is COc1ccc(Nc2nc(C(=O)Nc3ccc(Br)cc3F)cs2)c(OC)c1. The maximum Gasteiger partial charge on any atom is 0.275 e. The molecule has 0 spiro atoms. The van der Waals surface area contributed by atoms with Gasteiger partial charge in [-0.1, -0.05) is 15.9 Å². The Kier molecular flexibility index (Phi) is 5.92. The van der Waals surface area contributed by atoms with Crippen molar-refractivity contribution in [3.8, 4) is 11.5 Å². The van der Waals surface area contributed by atoms with Crippen LogP contribution in [0.3, 0.4) is 0 Å². The number of nitrogens with zero attached hydrogens (tertiary/aromatic N) is 1. The van der Waals surface area contributed by atoms with E-state index in [1.54, 1.807) is 43.9 Å². The summed E-state index contributed by atoms with van der Waals surface area (Å²) in [5.41, 5.74) is 0.943. The number of benzene rings is 2. The molecule has 0 bridgehead atoms. The van der Waals surface area contributed by atoms with Crippen LogP contribution in [-0.2, 0) is 0 Å². The molecular formula is C18H15BrFN3O3S. The van der Waals surface area contributed by atoms with E-state index in [1.165, 1.54) is 23.5 Å². The fraction of sp³-hybridized carbons (Fsp3) is 0.111. The Bertz CT molecular complexity index is 980. The predicted octanol–water partition coefficient (Wildman–Crippen LogP) is 5.06. The molecule has 0 radical (unpaired) electrons. The predicted molar refractivity (Wildman–Crippen MR) is 107 cm³/mol. The first-order valence-electron chi connectivity index (χ1n) is 7.71. The van der Waals surface area contributed by atoms with E-state index in [0.717, 1.165) is 0 Å². The van der Waals surface area contributed by atoms with Crippen molar-refractivity contribution in [3.63, 3.8) is 0 Å². The van der Waals surface area contributed by atoms with E-state index in [1.807, 2.05) is 0 Å². The molecule has 0 unspecified atom stereocenters. The summed E-state index contributed by atoms with van der Waals surface area (Å²) in [4.78, 5) is 16.6. The molecule has 9 heteroatoms. The Labute approximate surface area is 167 Å². The van der Waals surface area contributed by atoms with E-state index in [2.05, 4.69) is 31.5 Å². The molecule has 1 amide bonds. The molecule has 3 aromatic rings. The minimum atomic E-state index is -0.533. The Morgan fingerprint density at radius 1 is 1.15 bits per heavy atom. The normalized spacial score (nSPS) is 10.4. The van der Waals surface area contributed by atoms with Gasteiger partial charge in [-0.05, 0) is 30.3 Å². The molecule has 1 heterocycles. The van der Waals surface area contributed by atoms with E-state index in [0.29, 0.717) is 26.8 Å². The van der Waals surface area contributed by atoms with Crippen molar-refractivity contribution in [1.29, 1.82) is 0 Å². The van der Waals surface area contributed by atoms with Crippen LogP contribution in [0.2, 0.25) is 0 Å². The van der Waals surface area contributed by atoms with Crippen LogP contribution < -0.4 is 20.1 Å². The van der Waals surface area contributed by atoms with Gasteiger partial charge in [0.25, 0.3) is 5.91 Å². The van der Waals surface area contributed by atoms with Crippen LogP contribution in [0.1, 0.15) is 10.5 Å². The summed E-state index contributed by atoms with van der Waals surface area (Å²) in [6.45, 7) is 0. The third-order valence-electron chi connectivity index (χ3n) is 3.57. The first kappa shape index (κ1) is 19.1. The quantitative estimate of drug-likeness (QED) is 0.547. The number of carbonyl (C=O) groups is 1. The molecule has 2 N–H and O–H groups in total. The van der Waals surface area contributed by atoms with Gasteiger partial charge in [0.2, 0.25) is 0 Å². The number of thiazole rings is 1. The summed E-state index contributed by atoms with van der Waals surface area (Å²) in [6.07, 6.45) is 0. The smallest absolute Gasteiger partial charge is 0.275 e. The van der Waals surface area contributed by atoms with Crippen molar-refractivity contribution in [3.05, 3.63) is 57.8 Å². The lowest BCUT2D eigenvalue weighted by molar-refractivity contribution is 0.102. The number of amides is 1. The van der Waals surface area contributed by atoms with Crippen LogP contribution in [0.25, 0.3) is 0 Å².